The van der Waals surface area contributed by atoms with E-state index in [0.717, 1.165) is 29.9 Å². The Morgan fingerprint density at radius 2 is 2.13 bits per heavy atom. The number of aliphatic hydroxyl groups excluding tert-OH is 1. The van der Waals surface area contributed by atoms with Gasteiger partial charge in [-0.2, -0.15) is 5.10 Å². The maximum absolute atomic E-state index is 12.5. The summed E-state index contributed by atoms with van der Waals surface area (Å²) in [6.45, 7) is 4.98. The van der Waals surface area contributed by atoms with Crippen molar-refractivity contribution in [3.8, 4) is 5.69 Å². The van der Waals surface area contributed by atoms with E-state index in [0.29, 0.717) is 18.8 Å². The molecule has 0 spiro atoms. The number of aliphatic hydroxyl groups is 1. The van der Waals surface area contributed by atoms with E-state index >= 15 is 0 Å². The molecule has 0 radical (unpaired) electrons. The fraction of sp³-hybridized carbons (Fsp3) is 0.412. The van der Waals surface area contributed by atoms with Crippen molar-refractivity contribution in [2.24, 2.45) is 0 Å². The topological polar surface area (TPSA) is 70.4 Å². The molecule has 0 saturated carbocycles. The minimum absolute atomic E-state index is 0.183. The van der Waals surface area contributed by atoms with Gasteiger partial charge < -0.3 is 15.3 Å². The summed E-state index contributed by atoms with van der Waals surface area (Å²) < 4.78 is 1.83. The molecule has 6 heteroatoms. The smallest absolute Gasteiger partial charge is 0.321 e. The molecule has 1 saturated heterocycles. The Hall–Kier alpha value is -2.34. The number of urea groups is 1. The van der Waals surface area contributed by atoms with Crippen LogP contribution >= 0.6 is 0 Å². The van der Waals surface area contributed by atoms with Crippen molar-refractivity contribution >= 4 is 11.7 Å². The second-order valence-corrected chi connectivity index (χ2v) is 6.03. The summed E-state index contributed by atoms with van der Waals surface area (Å²) in [6, 6.07) is 9.42. The predicted molar refractivity (Wildman–Crippen MR) is 88.9 cm³/mol. The zero-order valence-corrected chi connectivity index (χ0v) is 13.5. The number of carbonyl (C=O) groups is 1. The molecule has 1 unspecified atom stereocenters. The van der Waals surface area contributed by atoms with Crippen LogP contribution in [-0.4, -0.2) is 45.0 Å². The van der Waals surface area contributed by atoms with Crippen molar-refractivity contribution in [2.45, 2.75) is 32.8 Å². The number of amides is 2. The van der Waals surface area contributed by atoms with Gasteiger partial charge >= 0.3 is 6.03 Å². The van der Waals surface area contributed by atoms with Crippen molar-refractivity contribution in [1.29, 1.82) is 0 Å². The van der Waals surface area contributed by atoms with E-state index in [1.807, 2.05) is 48.9 Å². The van der Waals surface area contributed by atoms with E-state index in [1.54, 1.807) is 4.90 Å². The van der Waals surface area contributed by atoms with E-state index in [2.05, 4.69) is 10.4 Å². The average Bonchev–Trinajstić information content (AvgIpc) is 2.86. The molecule has 1 fully saturated rings. The first-order chi connectivity index (χ1) is 11.0. The number of aromatic nitrogens is 2. The van der Waals surface area contributed by atoms with Gasteiger partial charge in [0.1, 0.15) is 0 Å². The van der Waals surface area contributed by atoms with Gasteiger partial charge in [-0.15, -0.1) is 0 Å². The van der Waals surface area contributed by atoms with Crippen LogP contribution < -0.4 is 5.32 Å². The number of anilines is 1. The fourth-order valence-corrected chi connectivity index (χ4v) is 2.97. The Morgan fingerprint density at radius 3 is 2.83 bits per heavy atom. The third-order valence-electron chi connectivity index (χ3n) is 4.07. The van der Waals surface area contributed by atoms with Crippen LogP contribution in [0.5, 0.6) is 0 Å². The number of nitrogens with zero attached hydrogens (tertiary/aromatic N) is 3. The molecule has 3 rings (SSSR count). The van der Waals surface area contributed by atoms with Crippen LogP contribution in [0.2, 0.25) is 0 Å². The lowest BCUT2D eigenvalue weighted by atomic mass is 10.1. The number of piperidine rings is 1. The molecule has 0 aliphatic carbocycles. The fourth-order valence-electron chi connectivity index (χ4n) is 2.97. The largest absolute Gasteiger partial charge is 0.391 e. The van der Waals surface area contributed by atoms with E-state index in [9.17, 15) is 9.90 Å². The second-order valence-electron chi connectivity index (χ2n) is 6.03. The van der Waals surface area contributed by atoms with Crippen LogP contribution in [0.3, 0.4) is 0 Å². The molecule has 2 heterocycles. The standard InChI is InChI=1S/C17H22N4O2/c1-12-10-13(2)21(19-12)16-8-4-3-7-15(16)18-17(23)20-9-5-6-14(22)11-20/h3-4,7-8,10,14,22H,5-6,9,11H2,1-2H3,(H,18,23). The average molecular weight is 314 g/mol. The second kappa shape index (κ2) is 6.42. The van der Waals surface area contributed by atoms with Gasteiger partial charge in [-0.25, -0.2) is 9.48 Å². The normalized spacial score (nSPS) is 18.0. The quantitative estimate of drug-likeness (QED) is 0.894. The minimum Gasteiger partial charge on any atom is -0.391 e. The number of para-hydroxylation sites is 2. The Morgan fingerprint density at radius 1 is 1.35 bits per heavy atom. The van der Waals surface area contributed by atoms with Crippen LogP contribution in [-0.2, 0) is 0 Å². The molecule has 122 valence electrons. The summed E-state index contributed by atoms with van der Waals surface area (Å²) in [5.74, 6) is 0. The molecule has 1 aromatic carbocycles. The van der Waals surface area contributed by atoms with Gasteiger partial charge in [0.25, 0.3) is 0 Å². The number of hydrogen-bond acceptors (Lipinski definition) is 3. The van der Waals surface area contributed by atoms with Crippen LogP contribution in [0.25, 0.3) is 5.69 Å². The van der Waals surface area contributed by atoms with Gasteiger partial charge in [0.2, 0.25) is 0 Å². The van der Waals surface area contributed by atoms with Crippen LogP contribution in [0.15, 0.2) is 30.3 Å². The van der Waals surface area contributed by atoms with Crippen molar-refractivity contribution in [1.82, 2.24) is 14.7 Å². The summed E-state index contributed by atoms with van der Waals surface area (Å²) in [4.78, 5) is 14.1. The lowest BCUT2D eigenvalue weighted by molar-refractivity contribution is 0.0883. The monoisotopic (exact) mass is 314 g/mol. The maximum Gasteiger partial charge on any atom is 0.321 e. The summed E-state index contributed by atoms with van der Waals surface area (Å²) in [6.07, 6.45) is 1.15. The highest BCUT2D eigenvalue weighted by Gasteiger charge is 2.22. The number of β-amino-alcohol motifs (C(OH)–C–C–N with tert-alkyl or cyclic N) is 1. The van der Waals surface area contributed by atoms with Gasteiger partial charge in [-0.05, 0) is 44.9 Å². The molecule has 2 amide bonds. The van der Waals surface area contributed by atoms with Crippen LogP contribution in [0, 0.1) is 13.8 Å². The Bertz CT molecular complexity index is 710. The third kappa shape index (κ3) is 3.37. The van der Waals surface area contributed by atoms with Crippen LogP contribution in [0.4, 0.5) is 10.5 Å². The van der Waals surface area contributed by atoms with Crippen molar-refractivity contribution in [3.63, 3.8) is 0 Å². The lowest BCUT2D eigenvalue weighted by Gasteiger charge is -2.30. The molecule has 1 aliphatic rings. The molecule has 0 bridgehead atoms. The number of likely N-dealkylation sites (tertiary alicyclic amines) is 1. The summed E-state index contributed by atoms with van der Waals surface area (Å²) in [5.41, 5.74) is 3.49. The summed E-state index contributed by atoms with van der Waals surface area (Å²) in [7, 11) is 0. The molecule has 6 nitrogen and oxygen atoms in total. The van der Waals surface area contributed by atoms with Gasteiger partial charge in [0.05, 0.1) is 23.2 Å². The number of carbonyl (C=O) groups excluding carboxylic acids is 1. The minimum atomic E-state index is -0.430. The van der Waals surface area contributed by atoms with Crippen molar-refractivity contribution in [3.05, 3.63) is 41.7 Å². The van der Waals surface area contributed by atoms with Gasteiger partial charge in [0.15, 0.2) is 0 Å². The molecule has 1 aliphatic heterocycles. The lowest BCUT2D eigenvalue weighted by Crippen LogP contribution is -2.44. The Labute approximate surface area is 135 Å². The Kier molecular flexibility index (Phi) is 4.34. The zero-order chi connectivity index (χ0) is 16.4. The number of hydrogen-bond donors (Lipinski definition) is 2. The number of nitrogens with one attached hydrogen (secondary N) is 1. The molecule has 2 N–H and O–H groups in total. The van der Waals surface area contributed by atoms with Crippen LogP contribution in [0.1, 0.15) is 24.2 Å². The maximum atomic E-state index is 12.5. The predicted octanol–water partition coefficient (Wildman–Crippen LogP) is 2.48. The van der Waals surface area contributed by atoms with Gasteiger partial charge in [-0.1, -0.05) is 12.1 Å². The summed E-state index contributed by atoms with van der Waals surface area (Å²) >= 11 is 0. The highest BCUT2D eigenvalue weighted by molar-refractivity contribution is 5.91. The highest BCUT2D eigenvalue weighted by atomic mass is 16.3. The first kappa shape index (κ1) is 15.6. The van der Waals surface area contributed by atoms with E-state index in [1.165, 1.54) is 0 Å². The SMILES string of the molecule is Cc1cc(C)n(-c2ccccc2NC(=O)N2CCCC(O)C2)n1. The highest BCUT2D eigenvalue weighted by Crippen LogP contribution is 2.22. The first-order valence-corrected chi connectivity index (χ1v) is 7.91. The molecule has 1 aromatic heterocycles. The van der Waals surface area contributed by atoms with Gasteiger partial charge in [-0.3, -0.25) is 0 Å². The number of benzene rings is 1. The van der Waals surface area contributed by atoms with E-state index < -0.39 is 6.10 Å². The molecular formula is C17H22N4O2. The number of aryl methyl sites for hydroxylation is 2. The van der Waals surface area contributed by atoms with Crippen molar-refractivity contribution < 1.29 is 9.90 Å². The molecule has 23 heavy (non-hydrogen) atoms. The zero-order valence-electron chi connectivity index (χ0n) is 13.5. The molecular weight excluding hydrogens is 292 g/mol. The van der Waals surface area contributed by atoms with E-state index in [-0.39, 0.29) is 6.03 Å². The summed E-state index contributed by atoms with van der Waals surface area (Å²) in [5, 5.41) is 17.2. The van der Waals surface area contributed by atoms with Crippen molar-refractivity contribution in [2.75, 3.05) is 18.4 Å². The van der Waals surface area contributed by atoms with E-state index in [4.69, 9.17) is 0 Å². The Balaban J connectivity index is 1.83. The third-order valence-corrected chi connectivity index (χ3v) is 4.07. The molecule has 1 atom stereocenters. The first-order valence-electron chi connectivity index (χ1n) is 7.91. The van der Waals surface area contributed by atoms with Gasteiger partial charge in [0, 0.05) is 18.8 Å². The molecule has 2 aromatic rings. The number of rotatable bonds is 2.